The number of benzene rings is 1. The van der Waals surface area contributed by atoms with Crippen LogP contribution in [0.1, 0.15) is 17.2 Å². The Kier molecular flexibility index (Phi) is 4.54. The molecule has 3 heteroatoms. The molecule has 1 unspecified atom stereocenters. The second-order valence-electron chi connectivity index (χ2n) is 4.67. The second-order valence-corrected chi connectivity index (χ2v) is 4.67. The van der Waals surface area contributed by atoms with E-state index in [1.807, 2.05) is 7.05 Å². The van der Waals surface area contributed by atoms with Crippen molar-refractivity contribution in [3.63, 3.8) is 0 Å². The fourth-order valence-corrected chi connectivity index (χ4v) is 2.30. The fourth-order valence-electron chi connectivity index (χ4n) is 2.30. The van der Waals surface area contributed by atoms with E-state index in [-0.39, 0.29) is 6.10 Å². The Balaban J connectivity index is 1.98. The van der Waals surface area contributed by atoms with Crippen molar-refractivity contribution in [2.45, 2.75) is 12.5 Å². The Morgan fingerprint density at radius 2 is 2.24 bits per heavy atom. The first-order valence-corrected chi connectivity index (χ1v) is 6.34. The largest absolute Gasteiger partial charge is 0.372 e. The lowest BCUT2D eigenvalue weighted by Crippen LogP contribution is -2.33. The molecule has 0 radical (unpaired) electrons. The summed E-state index contributed by atoms with van der Waals surface area (Å²) in [6.07, 6.45) is 1.29. The molecule has 0 saturated heterocycles. The van der Waals surface area contributed by atoms with Gasteiger partial charge in [-0.25, -0.2) is 0 Å². The van der Waals surface area contributed by atoms with Gasteiger partial charge in [0.05, 0.1) is 12.7 Å². The lowest BCUT2D eigenvalue weighted by molar-refractivity contribution is 0.0214. The molecule has 1 aromatic rings. The average molecular weight is 234 g/mol. The van der Waals surface area contributed by atoms with Crippen molar-refractivity contribution < 1.29 is 4.74 Å². The van der Waals surface area contributed by atoms with Gasteiger partial charge in [0.2, 0.25) is 0 Å². The Morgan fingerprint density at radius 1 is 1.41 bits per heavy atom. The SMILES string of the molecule is CNCCN(C)CC1OCCc2ccccc21. The maximum absolute atomic E-state index is 5.89. The molecule has 0 bridgehead atoms. The standard InChI is InChI=1S/C14H22N2O/c1-15-8-9-16(2)11-14-13-6-4-3-5-12(13)7-10-17-14/h3-6,14-15H,7-11H2,1-2H3. The van der Waals surface area contributed by atoms with E-state index in [0.717, 1.165) is 32.7 Å². The number of nitrogens with one attached hydrogen (secondary N) is 1. The molecule has 0 saturated carbocycles. The van der Waals surface area contributed by atoms with E-state index in [9.17, 15) is 0 Å². The molecule has 0 aliphatic carbocycles. The predicted molar refractivity (Wildman–Crippen MR) is 70.3 cm³/mol. The minimum Gasteiger partial charge on any atom is -0.372 e. The van der Waals surface area contributed by atoms with Crippen molar-refractivity contribution in [2.75, 3.05) is 40.3 Å². The van der Waals surface area contributed by atoms with E-state index in [4.69, 9.17) is 4.74 Å². The topological polar surface area (TPSA) is 24.5 Å². The summed E-state index contributed by atoms with van der Waals surface area (Å²) in [4.78, 5) is 2.32. The molecular weight excluding hydrogens is 212 g/mol. The molecule has 3 nitrogen and oxygen atoms in total. The fraction of sp³-hybridized carbons (Fsp3) is 0.571. The van der Waals surface area contributed by atoms with E-state index in [2.05, 4.69) is 41.5 Å². The van der Waals surface area contributed by atoms with Crippen LogP contribution in [0.2, 0.25) is 0 Å². The highest BCUT2D eigenvalue weighted by molar-refractivity contribution is 5.31. The maximum atomic E-state index is 5.89. The van der Waals surface area contributed by atoms with Crippen molar-refractivity contribution in [1.82, 2.24) is 10.2 Å². The van der Waals surface area contributed by atoms with Crippen LogP contribution in [0.15, 0.2) is 24.3 Å². The molecule has 17 heavy (non-hydrogen) atoms. The maximum Gasteiger partial charge on any atom is 0.0954 e. The summed E-state index contributed by atoms with van der Waals surface area (Å²) in [5.74, 6) is 0. The molecule has 1 aliphatic heterocycles. The molecule has 94 valence electrons. The monoisotopic (exact) mass is 234 g/mol. The van der Waals surface area contributed by atoms with Crippen molar-refractivity contribution in [3.05, 3.63) is 35.4 Å². The number of fused-ring (bicyclic) bond motifs is 1. The van der Waals surface area contributed by atoms with Gasteiger partial charge in [-0.2, -0.15) is 0 Å². The van der Waals surface area contributed by atoms with Crippen LogP contribution >= 0.6 is 0 Å². The Hall–Kier alpha value is -0.900. The summed E-state index contributed by atoms with van der Waals surface area (Å²) in [6.45, 7) is 3.89. The van der Waals surface area contributed by atoms with Crippen LogP contribution in [0.3, 0.4) is 0 Å². The molecule has 1 aromatic carbocycles. The third-order valence-electron chi connectivity index (χ3n) is 3.31. The van der Waals surface area contributed by atoms with Crippen molar-refractivity contribution in [2.24, 2.45) is 0 Å². The van der Waals surface area contributed by atoms with Gasteiger partial charge in [0.15, 0.2) is 0 Å². The third-order valence-corrected chi connectivity index (χ3v) is 3.31. The van der Waals surface area contributed by atoms with Crippen LogP contribution < -0.4 is 5.32 Å². The summed E-state index contributed by atoms with van der Waals surface area (Å²) in [5, 5.41) is 3.17. The molecule has 0 amide bonds. The summed E-state index contributed by atoms with van der Waals surface area (Å²) in [7, 11) is 4.14. The van der Waals surface area contributed by atoms with Crippen molar-refractivity contribution in [3.8, 4) is 0 Å². The lowest BCUT2D eigenvalue weighted by atomic mass is 9.97. The number of likely N-dealkylation sites (N-methyl/N-ethyl adjacent to an activating group) is 2. The van der Waals surface area contributed by atoms with Gasteiger partial charge in [-0.15, -0.1) is 0 Å². The number of rotatable bonds is 5. The quantitative estimate of drug-likeness (QED) is 0.834. The van der Waals surface area contributed by atoms with Crippen LogP contribution in [0.5, 0.6) is 0 Å². The first-order valence-electron chi connectivity index (χ1n) is 6.34. The molecule has 0 aromatic heterocycles. The molecule has 1 aliphatic rings. The van der Waals surface area contributed by atoms with Crippen molar-refractivity contribution in [1.29, 1.82) is 0 Å². The van der Waals surface area contributed by atoms with Gasteiger partial charge >= 0.3 is 0 Å². The Bertz CT molecular complexity index is 354. The first-order chi connectivity index (χ1) is 8.31. The molecule has 1 atom stereocenters. The third kappa shape index (κ3) is 3.28. The molecule has 1 N–H and O–H groups in total. The van der Waals surface area contributed by atoms with Crippen LogP contribution in [-0.2, 0) is 11.2 Å². The van der Waals surface area contributed by atoms with E-state index >= 15 is 0 Å². The minimum atomic E-state index is 0.238. The molecule has 0 fully saturated rings. The number of ether oxygens (including phenoxy) is 1. The van der Waals surface area contributed by atoms with Crippen LogP contribution in [0, 0.1) is 0 Å². The normalized spacial score (nSPS) is 19.4. The summed E-state index contributed by atoms with van der Waals surface area (Å²) >= 11 is 0. The molecule has 1 heterocycles. The molecule has 0 spiro atoms. The van der Waals surface area contributed by atoms with Crippen LogP contribution in [0.25, 0.3) is 0 Å². The average Bonchev–Trinajstić information content (AvgIpc) is 2.37. The van der Waals surface area contributed by atoms with E-state index in [1.54, 1.807) is 0 Å². The summed E-state index contributed by atoms with van der Waals surface area (Å²) in [6, 6.07) is 8.64. The number of nitrogens with zero attached hydrogens (tertiary/aromatic N) is 1. The zero-order valence-corrected chi connectivity index (χ0v) is 10.8. The smallest absolute Gasteiger partial charge is 0.0954 e. The van der Waals surface area contributed by atoms with Gasteiger partial charge in [0, 0.05) is 19.6 Å². The van der Waals surface area contributed by atoms with E-state index in [1.165, 1.54) is 11.1 Å². The Morgan fingerprint density at radius 3 is 3.06 bits per heavy atom. The highest BCUT2D eigenvalue weighted by atomic mass is 16.5. The van der Waals surface area contributed by atoms with Crippen LogP contribution in [0.4, 0.5) is 0 Å². The summed E-state index contributed by atoms with van der Waals surface area (Å²) < 4.78 is 5.89. The van der Waals surface area contributed by atoms with Gasteiger partial charge in [-0.1, -0.05) is 24.3 Å². The predicted octanol–water partition coefficient (Wildman–Crippen LogP) is 1.45. The van der Waals surface area contributed by atoms with E-state index in [0.29, 0.717) is 0 Å². The highest BCUT2D eigenvalue weighted by Crippen LogP contribution is 2.27. The van der Waals surface area contributed by atoms with E-state index < -0.39 is 0 Å². The van der Waals surface area contributed by atoms with Crippen LogP contribution in [-0.4, -0.2) is 45.2 Å². The van der Waals surface area contributed by atoms with Gasteiger partial charge in [-0.05, 0) is 31.6 Å². The zero-order chi connectivity index (χ0) is 12.1. The van der Waals surface area contributed by atoms with Gasteiger partial charge in [-0.3, -0.25) is 0 Å². The number of hydrogen-bond acceptors (Lipinski definition) is 3. The Labute approximate surface area is 104 Å². The highest BCUT2D eigenvalue weighted by Gasteiger charge is 2.21. The second kappa shape index (κ2) is 6.15. The molecule has 2 rings (SSSR count). The number of hydrogen-bond donors (Lipinski definition) is 1. The minimum absolute atomic E-state index is 0.238. The van der Waals surface area contributed by atoms with Crippen molar-refractivity contribution >= 4 is 0 Å². The first kappa shape index (κ1) is 12.6. The lowest BCUT2D eigenvalue weighted by Gasteiger charge is -2.29. The van der Waals surface area contributed by atoms with Gasteiger partial charge in [0.1, 0.15) is 0 Å². The zero-order valence-electron chi connectivity index (χ0n) is 10.8. The van der Waals surface area contributed by atoms with Gasteiger partial charge in [0.25, 0.3) is 0 Å². The molecular formula is C14H22N2O. The van der Waals surface area contributed by atoms with Gasteiger partial charge < -0.3 is 15.0 Å². The summed E-state index contributed by atoms with van der Waals surface area (Å²) in [5.41, 5.74) is 2.82.